The highest BCUT2D eigenvalue weighted by atomic mass is 16.2. The van der Waals surface area contributed by atoms with E-state index in [1.165, 1.54) is 0 Å². The van der Waals surface area contributed by atoms with Crippen molar-refractivity contribution in [2.75, 3.05) is 50.8 Å². The van der Waals surface area contributed by atoms with Gasteiger partial charge in [-0.15, -0.1) is 0 Å². The Balaban J connectivity index is 1.77. The molecule has 6 nitrogen and oxygen atoms in total. The number of piperazine rings is 1. The van der Waals surface area contributed by atoms with E-state index in [4.69, 9.17) is 5.73 Å². The van der Waals surface area contributed by atoms with E-state index in [0.29, 0.717) is 12.2 Å². The Morgan fingerprint density at radius 2 is 2.00 bits per heavy atom. The number of hydrogen-bond acceptors (Lipinski definition) is 5. The van der Waals surface area contributed by atoms with Crippen molar-refractivity contribution >= 4 is 17.4 Å². The molecule has 134 valence electrons. The lowest BCUT2D eigenvalue weighted by Gasteiger charge is -2.32. The third-order valence-corrected chi connectivity index (χ3v) is 4.44. The molecule has 6 heteroatoms. The van der Waals surface area contributed by atoms with E-state index in [1.807, 2.05) is 17.0 Å². The molecule has 2 rings (SSSR count). The van der Waals surface area contributed by atoms with Gasteiger partial charge in [-0.2, -0.15) is 0 Å². The number of rotatable bonds is 8. The largest absolute Gasteiger partial charge is 0.385 e. The predicted molar refractivity (Wildman–Crippen MR) is 99.1 cm³/mol. The molecule has 24 heavy (non-hydrogen) atoms. The highest BCUT2D eigenvalue weighted by Crippen LogP contribution is 2.15. The number of pyridine rings is 1. The summed E-state index contributed by atoms with van der Waals surface area (Å²) in [5.74, 6) is 0.796. The zero-order chi connectivity index (χ0) is 17.4. The van der Waals surface area contributed by atoms with Crippen LogP contribution in [-0.4, -0.2) is 60.5 Å². The Kier molecular flexibility index (Phi) is 7.31. The highest BCUT2D eigenvalue weighted by Gasteiger charge is 2.18. The summed E-state index contributed by atoms with van der Waals surface area (Å²) in [6.07, 6.45) is 4.48. The molecule has 1 aromatic rings. The fourth-order valence-electron chi connectivity index (χ4n) is 2.89. The van der Waals surface area contributed by atoms with Gasteiger partial charge in [0.2, 0.25) is 5.91 Å². The molecule has 0 bridgehead atoms. The topological polar surface area (TPSA) is 74.5 Å². The third kappa shape index (κ3) is 6.00. The van der Waals surface area contributed by atoms with Crippen LogP contribution in [0, 0.1) is 0 Å². The van der Waals surface area contributed by atoms with E-state index >= 15 is 0 Å². The van der Waals surface area contributed by atoms with Gasteiger partial charge in [0.25, 0.3) is 0 Å². The van der Waals surface area contributed by atoms with Crippen molar-refractivity contribution < 1.29 is 4.79 Å². The van der Waals surface area contributed by atoms with Gasteiger partial charge in [-0.05, 0) is 32.4 Å². The number of likely N-dealkylation sites (N-methyl/N-ethyl adjacent to an activating group) is 1. The van der Waals surface area contributed by atoms with Crippen LogP contribution in [0.3, 0.4) is 0 Å². The van der Waals surface area contributed by atoms with Crippen molar-refractivity contribution in [3.63, 3.8) is 0 Å². The molecule has 2 heterocycles. The van der Waals surface area contributed by atoms with Crippen LogP contribution in [0.4, 0.5) is 11.5 Å². The molecule has 0 aromatic carbocycles. The van der Waals surface area contributed by atoms with E-state index < -0.39 is 0 Å². The van der Waals surface area contributed by atoms with Crippen LogP contribution in [0.1, 0.15) is 38.3 Å². The SMILES string of the molecule is CCCCNc1cc(N)nc(CCCC(=O)N2CCN(C)CC2)c1. The molecule has 1 saturated heterocycles. The fraction of sp³-hybridized carbons (Fsp3) is 0.667. The zero-order valence-corrected chi connectivity index (χ0v) is 15.1. The average Bonchev–Trinajstić information content (AvgIpc) is 2.55. The van der Waals surface area contributed by atoms with E-state index in [0.717, 1.165) is 69.8 Å². The molecule has 0 atom stereocenters. The first-order valence-corrected chi connectivity index (χ1v) is 9.05. The molecule has 0 saturated carbocycles. The molecule has 3 N–H and O–H groups in total. The van der Waals surface area contributed by atoms with Gasteiger partial charge >= 0.3 is 0 Å². The quantitative estimate of drug-likeness (QED) is 0.712. The molecular formula is C18H31N5O. The number of carbonyl (C=O) groups excluding carboxylic acids is 1. The lowest BCUT2D eigenvalue weighted by atomic mass is 10.1. The van der Waals surface area contributed by atoms with Crippen molar-refractivity contribution in [2.24, 2.45) is 0 Å². The van der Waals surface area contributed by atoms with Crippen LogP contribution in [-0.2, 0) is 11.2 Å². The van der Waals surface area contributed by atoms with Gasteiger partial charge in [-0.1, -0.05) is 13.3 Å². The predicted octanol–water partition coefficient (Wildman–Crippen LogP) is 1.97. The van der Waals surface area contributed by atoms with Crippen LogP contribution in [0.15, 0.2) is 12.1 Å². The van der Waals surface area contributed by atoms with E-state index in [2.05, 4.69) is 29.2 Å². The van der Waals surface area contributed by atoms with E-state index in [9.17, 15) is 4.79 Å². The molecule has 1 fully saturated rings. The number of anilines is 2. The number of unbranched alkanes of at least 4 members (excludes halogenated alkanes) is 1. The summed E-state index contributed by atoms with van der Waals surface area (Å²) >= 11 is 0. The molecule has 1 aliphatic rings. The first-order chi connectivity index (χ1) is 11.6. The fourth-order valence-corrected chi connectivity index (χ4v) is 2.89. The first-order valence-electron chi connectivity index (χ1n) is 9.05. The number of nitrogen functional groups attached to an aromatic ring is 1. The highest BCUT2D eigenvalue weighted by molar-refractivity contribution is 5.76. The minimum atomic E-state index is 0.258. The molecule has 0 aliphatic carbocycles. The number of aromatic nitrogens is 1. The first kappa shape index (κ1) is 18.5. The van der Waals surface area contributed by atoms with Crippen LogP contribution in [0.5, 0.6) is 0 Å². The van der Waals surface area contributed by atoms with Crippen molar-refractivity contribution in [2.45, 2.75) is 39.0 Å². The summed E-state index contributed by atoms with van der Waals surface area (Å²) in [7, 11) is 2.10. The molecule has 1 amide bonds. The summed E-state index contributed by atoms with van der Waals surface area (Å²) < 4.78 is 0. The Morgan fingerprint density at radius 3 is 2.71 bits per heavy atom. The van der Waals surface area contributed by atoms with E-state index in [-0.39, 0.29) is 5.91 Å². The van der Waals surface area contributed by atoms with Crippen molar-refractivity contribution in [3.8, 4) is 0 Å². The lowest BCUT2D eigenvalue weighted by Crippen LogP contribution is -2.47. The summed E-state index contributed by atoms with van der Waals surface area (Å²) in [6.45, 7) is 6.74. The van der Waals surface area contributed by atoms with E-state index in [1.54, 1.807) is 0 Å². The van der Waals surface area contributed by atoms with Crippen LogP contribution >= 0.6 is 0 Å². The number of hydrogen-bond donors (Lipinski definition) is 2. The van der Waals surface area contributed by atoms with Gasteiger partial charge in [-0.25, -0.2) is 4.98 Å². The third-order valence-electron chi connectivity index (χ3n) is 4.44. The molecular weight excluding hydrogens is 302 g/mol. The molecule has 1 aromatic heterocycles. The normalized spacial score (nSPS) is 15.5. The van der Waals surface area contributed by atoms with Crippen molar-refractivity contribution in [3.05, 3.63) is 17.8 Å². The van der Waals surface area contributed by atoms with Crippen molar-refractivity contribution in [1.82, 2.24) is 14.8 Å². The second kappa shape index (κ2) is 9.47. The van der Waals surface area contributed by atoms with Gasteiger partial charge in [0.15, 0.2) is 0 Å². The van der Waals surface area contributed by atoms with Gasteiger partial charge in [-0.3, -0.25) is 4.79 Å². The van der Waals surface area contributed by atoms with Gasteiger partial charge < -0.3 is 20.9 Å². The Labute approximate surface area is 145 Å². The van der Waals surface area contributed by atoms with Crippen LogP contribution in [0.25, 0.3) is 0 Å². The number of nitrogens with zero attached hydrogens (tertiary/aromatic N) is 3. The Hall–Kier alpha value is -1.82. The minimum absolute atomic E-state index is 0.258. The number of amides is 1. The number of nitrogens with two attached hydrogens (primary N) is 1. The standard InChI is InChI=1S/C18H31N5O/c1-3-4-8-20-16-13-15(21-17(19)14-16)6-5-7-18(24)23-11-9-22(2)10-12-23/h13-14H,3-12H2,1-2H3,(H3,19,20,21). The van der Waals surface area contributed by atoms with Crippen LogP contribution in [0.2, 0.25) is 0 Å². The maximum Gasteiger partial charge on any atom is 0.222 e. The maximum atomic E-state index is 12.3. The summed E-state index contributed by atoms with van der Waals surface area (Å²) in [6, 6.07) is 3.92. The molecule has 0 radical (unpaired) electrons. The second-order valence-electron chi connectivity index (χ2n) is 6.59. The molecule has 0 unspecified atom stereocenters. The Morgan fingerprint density at radius 1 is 1.25 bits per heavy atom. The average molecular weight is 333 g/mol. The summed E-state index contributed by atoms with van der Waals surface area (Å²) in [5, 5.41) is 3.38. The molecule has 0 spiro atoms. The number of carbonyl (C=O) groups is 1. The minimum Gasteiger partial charge on any atom is -0.385 e. The van der Waals surface area contributed by atoms with Crippen LogP contribution < -0.4 is 11.1 Å². The second-order valence-corrected chi connectivity index (χ2v) is 6.59. The van der Waals surface area contributed by atoms with Gasteiger partial charge in [0, 0.05) is 56.6 Å². The Bertz CT molecular complexity index is 526. The summed E-state index contributed by atoms with van der Waals surface area (Å²) in [5.41, 5.74) is 7.88. The summed E-state index contributed by atoms with van der Waals surface area (Å²) in [4.78, 5) is 20.9. The number of nitrogens with one attached hydrogen (secondary N) is 1. The lowest BCUT2D eigenvalue weighted by molar-refractivity contribution is -0.132. The smallest absolute Gasteiger partial charge is 0.222 e. The maximum absolute atomic E-state index is 12.3. The molecule has 1 aliphatic heterocycles. The zero-order valence-electron chi connectivity index (χ0n) is 15.1. The van der Waals surface area contributed by atoms with Gasteiger partial charge in [0.05, 0.1) is 0 Å². The monoisotopic (exact) mass is 333 g/mol. The van der Waals surface area contributed by atoms with Crippen molar-refractivity contribution in [1.29, 1.82) is 0 Å². The van der Waals surface area contributed by atoms with Gasteiger partial charge in [0.1, 0.15) is 5.82 Å². The number of aryl methyl sites for hydroxylation is 1.